The molecule has 0 bridgehead atoms. The molecule has 1 aromatic rings. The van der Waals surface area contributed by atoms with Gasteiger partial charge >= 0.3 is 18.1 Å². The van der Waals surface area contributed by atoms with Crippen LogP contribution in [0.2, 0.25) is 0 Å². The highest BCUT2D eigenvalue weighted by atomic mass is 16.7. The van der Waals surface area contributed by atoms with E-state index in [-0.39, 0.29) is 24.6 Å². The van der Waals surface area contributed by atoms with Gasteiger partial charge in [0.1, 0.15) is 19.3 Å². The maximum absolute atomic E-state index is 13.2. The molecule has 0 amide bonds. The summed E-state index contributed by atoms with van der Waals surface area (Å²) < 4.78 is 28.9. The van der Waals surface area contributed by atoms with Gasteiger partial charge in [-0.3, -0.25) is 14.5 Å². The fourth-order valence-corrected chi connectivity index (χ4v) is 8.11. The standard InChI is InChI=1S/C54H98N2O8/c1-6-11-15-19-22-29-43-61-52(57)37-30-36-51(35-28-18-14-9-4)64-54(59)63-46-42-56(39-38-55(10-5)40-44-60-48-50-33-26-23-27-34-50)41-45-62-53(58)47-49(31-24-20-16-12-7-2)32-25-21-17-13-8-3/h23,26-27,33-34,49,51H,6-22,24-25,28-32,35-48H2,1-5H3. The predicted octanol–water partition coefficient (Wildman–Crippen LogP) is 13.7. The van der Waals surface area contributed by atoms with Crippen molar-refractivity contribution in [1.29, 1.82) is 0 Å². The molecule has 0 aliphatic carbocycles. The molecule has 0 heterocycles. The molecule has 1 aromatic carbocycles. The molecule has 0 aromatic heterocycles. The minimum Gasteiger partial charge on any atom is -0.466 e. The van der Waals surface area contributed by atoms with E-state index >= 15 is 0 Å². The summed E-state index contributed by atoms with van der Waals surface area (Å²) in [6.45, 7) is 17.5. The third-order valence-corrected chi connectivity index (χ3v) is 12.3. The fourth-order valence-electron chi connectivity index (χ4n) is 8.11. The van der Waals surface area contributed by atoms with Crippen LogP contribution < -0.4 is 0 Å². The molecule has 1 atom stereocenters. The maximum Gasteiger partial charge on any atom is 0.508 e. The Morgan fingerprint density at radius 1 is 0.484 bits per heavy atom. The van der Waals surface area contributed by atoms with Gasteiger partial charge in [0, 0.05) is 45.6 Å². The number of carbonyl (C=O) groups excluding carboxylic acids is 3. The first-order chi connectivity index (χ1) is 31.3. The highest BCUT2D eigenvalue weighted by molar-refractivity contribution is 5.69. The zero-order chi connectivity index (χ0) is 46.6. The Kier molecular flexibility index (Phi) is 40.9. The van der Waals surface area contributed by atoms with Crippen LogP contribution in [0.1, 0.15) is 214 Å². The third-order valence-electron chi connectivity index (χ3n) is 12.3. The summed E-state index contributed by atoms with van der Waals surface area (Å²) in [5.74, 6) is 0.102. The Labute approximate surface area is 393 Å². The van der Waals surface area contributed by atoms with E-state index in [0.717, 1.165) is 89.5 Å². The fraction of sp³-hybridized carbons (Fsp3) is 0.833. The molecular weight excluding hydrogens is 805 g/mol. The highest BCUT2D eigenvalue weighted by Crippen LogP contribution is 2.23. The SMILES string of the molecule is CCCCCCCCOC(=O)CCCC(CCCCCC)OC(=O)OCCN(CCOC(=O)CC(CCCCCCC)CCCCCCC)CCN(CC)CCOCc1ccccc1. The van der Waals surface area contributed by atoms with Gasteiger partial charge in [0.25, 0.3) is 0 Å². The van der Waals surface area contributed by atoms with Crippen LogP contribution in [0.4, 0.5) is 4.79 Å². The Balaban J connectivity index is 2.76. The van der Waals surface area contributed by atoms with Gasteiger partial charge in [-0.2, -0.15) is 0 Å². The summed E-state index contributed by atoms with van der Waals surface area (Å²) in [4.78, 5) is 43.3. The second-order valence-electron chi connectivity index (χ2n) is 18.1. The molecule has 0 aliphatic heterocycles. The molecule has 372 valence electrons. The molecule has 64 heavy (non-hydrogen) atoms. The first kappa shape index (κ1) is 59.3. The zero-order valence-electron chi connectivity index (χ0n) is 42.1. The van der Waals surface area contributed by atoms with Gasteiger partial charge in [0.15, 0.2) is 0 Å². The number of unbranched alkanes of at least 4 members (excludes halogenated alkanes) is 16. The zero-order valence-corrected chi connectivity index (χ0v) is 42.1. The van der Waals surface area contributed by atoms with Crippen LogP contribution in [-0.4, -0.2) is 99.7 Å². The molecule has 1 rings (SSSR count). The van der Waals surface area contributed by atoms with E-state index in [1.807, 2.05) is 18.2 Å². The lowest BCUT2D eigenvalue weighted by molar-refractivity contribution is -0.145. The number of carbonyl (C=O) groups is 3. The summed E-state index contributed by atoms with van der Waals surface area (Å²) in [6, 6.07) is 10.2. The van der Waals surface area contributed by atoms with Crippen molar-refractivity contribution in [1.82, 2.24) is 9.80 Å². The molecular formula is C54H98N2O8. The quantitative estimate of drug-likeness (QED) is 0.0357. The largest absolute Gasteiger partial charge is 0.508 e. The molecule has 0 fully saturated rings. The van der Waals surface area contributed by atoms with E-state index in [1.54, 1.807) is 0 Å². The van der Waals surface area contributed by atoms with Crippen LogP contribution in [0.5, 0.6) is 0 Å². The molecule has 1 unspecified atom stereocenters. The van der Waals surface area contributed by atoms with Crippen molar-refractivity contribution in [3.8, 4) is 0 Å². The first-order valence-corrected chi connectivity index (χ1v) is 26.6. The smallest absolute Gasteiger partial charge is 0.466 e. The van der Waals surface area contributed by atoms with Gasteiger partial charge in [0.2, 0.25) is 0 Å². The number of rotatable bonds is 46. The van der Waals surface area contributed by atoms with Gasteiger partial charge < -0.3 is 28.6 Å². The summed E-state index contributed by atoms with van der Waals surface area (Å²) in [5.41, 5.74) is 1.16. The van der Waals surface area contributed by atoms with Crippen molar-refractivity contribution in [3.63, 3.8) is 0 Å². The van der Waals surface area contributed by atoms with Crippen LogP contribution in [-0.2, 0) is 39.9 Å². The first-order valence-electron chi connectivity index (χ1n) is 26.6. The van der Waals surface area contributed by atoms with E-state index in [2.05, 4.69) is 56.6 Å². The number of esters is 2. The lowest BCUT2D eigenvalue weighted by Crippen LogP contribution is -2.40. The number of hydrogen-bond acceptors (Lipinski definition) is 10. The monoisotopic (exact) mass is 903 g/mol. The molecule has 10 heteroatoms. The van der Waals surface area contributed by atoms with Crippen molar-refractivity contribution >= 4 is 18.1 Å². The number of ether oxygens (including phenoxy) is 5. The lowest BCUT2D eigenvalue weighted by Gasteiger charge is -2.27. The summed E-state index contributed by atoms with van der Waals surface area (Å²) in [6.07, 6.45) is 27.7. The molecule has 0 radical (unpaired) electrons. The normalized spacial score (nSPS) is 12.0. The Morgan fingerprint density at radius 2 is 0.984 bits per heavy atom. The third kappa shape index (κ3) is 36.5. The van der Waals surface area contributed by atoms with Crippen molar-refractivity contribution in [2.45, 2.75) is 221 Å². The highest BCUT2D eigenvalue weighted by Gasteiger charge is 2.19. The average molecular weight is 903 g/mol. The van der Waals surface area contributed by atoms with Gasteiger partial charge in [-0.15, -0.1) is 0 Å². The van der Waals surface area contributed by atoms with Gasteiger partial charge in [-0.25, -0.2) is 4.79 Å². The minimum absolute atomic E-state index is 0.103. The van der Waals surface area contributed by atoms with Gasteiger partial charge in [0.05, 0.1) is 19.8 Å². The summed E-state index contributed by atoms with van der Waals surface area (Å²) in [5, 5.41) is 0. The summed E-state index contributed by atoms with van der Waals surface area (Å²) >= 11 is 0. The molecule has 0 spiro atoms. The van der Waals surface area contributed by atoms with Crippen LogP contribution in [0.15, 0.2) is 30.3 Å². The van der Waals surface area contributed by atoms with E-state index in [9.17, 15) is 14.4 Å². The van der Waals surface area contributed by atoms with E-state index in [4.69, 9.17) is 23.7 Å². The average Bonchev–Trinajstić information content (AvgIpc) is 3.29. The van der Waals surface area contributed by atoms with E-state index < -0.39 is 6.16 Å². The number of hydrogen-bond donors (Lipinski definition) is 0. The van der Waals surface area contributed by atoms with Crippen LogP contribution >= 0.6 is 0 Å². The predicted molar refractivity (Wildman–Crippen MR) is 264 cm³/mol. The van der Waals surface area contributed by atoms with Crippen LogP contribution in [0, 0.1) is 5.92 Å². The van der Waals surface area contributed by atoms with Crippen molar-refractivity contribution in [2.24, 2.45) is 5.92 Å². The van der Waals surface area contributed by atoms with Crippen molar-refractivity contribution in [3.05, 3.63) is 35.9 Å². The maximum atomic E-state index is 13.2. The van der Waals surface area contributed by atoms with E-state index in [0.29, 0.717) is 71.1 Å². The Hall–Kier alpha value is -2.69. The van der Waals surface area contributed by atoms with E-state index in [1.165, 1.54) is 89.9 Å². The molecule has 0 saturated heterocycles. The molecule has 10 nitrogen and oxygen atoms in total. The van der Waals surface area contributed by atoms with Gasteiger partial charge in [-0.1, -0.05) is 181 Å². The second-order valence-corrected chi connectivity index (χ2v) is 18.1. The van der Waals surface area contributed by atoms with Crippen molar-refractivity contribution in [2.75, 3.05) is 65.7 Å². The van der Waals surface area contributed by atoms with Gasteiger partial charge in [-0.05, 0) is 63.0 Å². The Bertz CT molecular complexity index is 1190. The topological polar surface area (TPSA) is 104 Å². The summed E-state index contributed by atoms with van der Waals surface area (Å²) in [7, 11) is 0. The van der Waals surface area contributed by atoms with Crippen LogP contribution in [0.25, 0.3) is 0 Å². The Morgan fingerprint density at radius 3 is 1.61 bits per heavy atom. The van der Waals surface area contributed by atoms with Crippen molar-refractivity contribution < 1.29 is 38.1 Å². The molecule has 0 saturated carbocycles. The molecule has 0 aliphatic rings. The number of nitrogens with zero attached hydrogens (tertiary/aromatic N) is 2. The lowest BCUT2D eigenvalue weighted by atomic mass is 9.91. The second kappa shape index (κ2) is 44.2. The number of benzene rings is 1. The number of likely N-dealkylation sites (N-methyl/N-ethyl adjacent to an activating group) is 1. The minimum atomic E-state index is -0.668. The van der Waals surface area contributed by atoms with Crippen LogP contribution in [0.3, 0.4) is 0 Å². The molecule has 0 N–H and O–H groups in total.